The number of carbonyl (C=O) groups is 1. The largest absolute Gasteiger partial charge is 0.497 e. The number of nitrogens with zero attached hydrogens (tertiary/aromatic N) is 1. The van der Waals surface area contributed by atoms with E-state index in [9.17, 15) is 4.79 Å². The Morgan fingerprint density at radius 1 is 1.30 bits per heavy atom. The third kappa shape index (κ3) is 4.94. The van der Waals surface area contributed by atoms with Crippen LogP contribution >= 0.6 is 0 Å². The van der Waals surface area contributed by atoms with Crippen molar-refractivity contribution in [2.75, 3.05) is 47.1 Å². The van der Waals surface area contributed by atoms with E-state index < -0.39 is 0 Å². The summed E-state index contributed by atoms with van der Waals surface area (Å²) in [7, 11) is 3.26. The van der Waals surface area contributed by atoms with Crippen LogP contribution < -0.4 is 4.74 Å². The second kappa shape index (κ2) is 8.31. The topological polar surface area (TPSA) is 48.0 Å². The fraction of sp³-hybridized carbons (Fsp3) is 0.611. The lowest BCUT2D eigenvalue weighted by Gasteiger charge is -2.38. The van der Waals surface area contributed by atoms with Crippen LogP contribution in [0.3, 0.4) is 0 Å². The van der Waals surface area contributed by atoms with Crippen molar-refractivity contribution >= 4 is 5.91 Å². The number of ether oxygens (including phenoxy) is 3. The Bertz CT molecular complexity index is 511. The van der Waals surface area contributed by atoms with Crippen LogP contribution in [0.5, 0.6) is 5.75 Å². The summed E-state index contributed by atoms with van der Waals surface area (Å²) in [6.07, 6.45) is 1.95. The number of benzene rings is 1. The molecule has 0 N–H and O–H groups in total. The minimum atomic E-state index is 0.0219. The van der Waals surface area contributed by atoms with Crippen LogP contribution in [0.2, 0.25) is 0 Å². The molecule has 1 aliphatic heterocycles. The summed E-state index contributed by atoms with van der Waals surface area (Å²) in [5, 5.41) is 0. The second-order valence-corrected chi connectivity index (χ2v) is 6.37. The van der Waals surface area contributed by atoms with Gasteiger partial charge in [-0.2, -0.15) is 0 Å². The molecule has 128 valence electrons. The molecule has 0 aliphatic carbocycles. The molecule has 1 fully saturated rings. The molecule has 1 heterocycles. The fourth-order valence-corrected chi connectivity index (χ4v) is 2.88. The number of amides is 1. The van der Waals surface area contributed by atoms with E-state index in [4.69, 9.17) is 14.2 Å². The van der Waals surface area contributed by atoms with Gasteiger partial charge in [0.05, 0.1) is 13.7 Å². The first-order valence-electron chi connectivity index (χ1n) is 8.08. The number of carbonyl (C=O) groups excluding carboxylic acids is 1. The zero-order valence-corrected chi connectivity index (χ0v) is 14.3. The summed E-state index contributed by atoms with van der Waals surface area (Å²) < 4.78 is 15.9. The third-order valence-corrected chi connectivity index (χ3v) is 4.44. The summed E-state index contributed by atoms with van der Waals surface area (Å²) in [5.74, 6) is 0.716. The van der Waals surface area contributed by atoms with Gasteiger partial charge in [-0.15, -0.1) is 0 Å². The molecule has 5 heteroatoms. The Hall–Kier alpha value is -1.59. The molecule has 0 aromatic heterocycles. The zero-order chi connectivity index (χ0) is 16.7. The average Bonchev–Trinajstić information content (AvgIpc) is 2.58. The molecule has 0 bridgehead atoms. The summed E-state index contributed by atoms with van der Waals surface area (Å²) in [6, 6.07) is 7.30. The van der Waals surface area contributed by atoms with Gasteiger partial charge in [0.25, 0.3) is 5.91 Å². The standard InChI is InChI=1S/C18H27NO4/c1-18(7-10-23-11-8-18)14-19(9-12-21-2)17(20)15-5-4-6-16(13-15)22-3/h4-6,13H,7-12,14H2,1-3H3. The molecule has 0 atom stereocenters. The summed E-state index contributed by atoms with van der Waals surface area (Å²) in [4.78, 5) is 14.8. The summed E-state index contributed by atoms with van der Waals surface area (Å²) in [6.45, 7) is 5.60. The van der Waals surface area contributed by atoms with Gasteiger partial charge in [0, 0.05) is 39.0 Å². The highest BCUT2D eigenvalue weighted by Gasteiger charge is 2.31. The maximum absolute atomic E-state index is 12.9. The molecule has 1 saturated heterocycles. The van der Waals surface area contributed by atoms with E-state index in [2.05, 4.69) is 6.92 Å². The number of hydrogen-bond acceptors (Lipinski definition) is 4. The summed E-state index contributed by atoms with van der Waals surface area (Å²) in [5.41, 5.74) is 0.747. The lowest BCUT2D eigenvalue weighted by atomic mass is 9.82. The highest BCUT2D eigenvalue weighted by Crippen LogP contribution is 2.31. The predicted molar refractivity (Wildman–Crippen MR) is 88.9 cm³/mol. The van der Waals surface area contributed by atoms with E-state index >= 15 is 0 Å². The van der Waals surface area contributed by atoms with Crippen LogP contribution in [0.1, 0.15) is 30.1 Å². The molecule has 1 amide bonds. The average molecular weight is 321 g/mol. The van der Waals surface area contributed by atoms with Crippen LogP contribution in [0.4, 0.5) is 0 Å². The van der Waals surface area contributed by atoms with Crippen molar-refractivity contribution in [2.24, 2.45) is 5.41 Å². The van der Waals surface area contributed by atoms with Crippen molar-refractivity contribution < 1.29 is 19.0 Å². The van der Waals surface area contributed by atoms with Crippen LogP contribution in [-0.4, -0.2) is 57.9 Å². The minimum absolute atomic E-state index is 0.0219. The quantitative estimate of drug-likeness (QED) is 0.774. The van der Waals surface area contributed by atoms with Gasteiger partial charge in [-0.25, -0.2) is 0 Å². The van der Waals surface area contributed by atoms with Crippen molar-refractivity contribution in [3.63, 3.8) is 0 Å². The number of hydrogen-bond donors (Lipinski definition) is 0. The monoisotopic (exact) mass is 321 g/mol. The van der Waals surface area contributed by atoms with Crippen molar-refractivity contribution in [3.8, 4) is 5.75 Å². The molecule has 5 nitrogen and oxygen atoms in total. The molecule has 23 heavy (non-hydrogen) atoms. The van der Waals surface area contributed by atoms with E-state index in [-0.39, 0.29) is 11.3 Å². The van der Waals surface area contributed by atoms with Gasteiger partial charge in [-0.3, -0.25) is 4.79 Å². The van der Waals surface area contributed by atoms with Crippen molar-refractivity contribution in [3.05, 3.63) is 29.8 Å². The first kappa shape index (κ1) is 17.8. The van der Waals surface area contributed by atoms with Crippen LogP contribution in [0, 0.1) is 5.41 Å². The maximum atomic E-state index is 12.9. The van der Waals surface area contributed by atoms with Gasteiger partial charge in [-0.1, -0.05) is 13.0 Å². The van der Waals surface area contributed by atoms with Gasteiger partial charge in [0.1, 0.15) is 5.75 Å². The zero-order valence-electron chi connectivity index (χ0n) is 14.3. The minimum Gasteiger partial charge on any atom is -0.497 e. The van der Waals surface area contributed by atoms with Gasteiger partial charge >= 0.3 is 0 Å². The van der Waals surface area contributed by atoms with Gasteiger partial charge < -0.3 is 19.1 Å². The number of methoxy groups -OCH3 is 2. The van der Waals surface area contributed by atoms with E-state index in [1.807, 2.05) is 23.1 Å². The van der Waals surface area contributed by atoms with Gasteiger partial charge in [-0.05, 0) is 36.5 Å². The SMILES string of the molecule is COCCN(CC1(C)CCOCC1)C(=O)c1cccc(OC)c1. The normalized spacial score (nSPS) is 16.8. The Labute approximate surface area is 138 Å². The van der Waals surface area contributed by atoms with Crippen molar-refractivity contribution in [1.82, 2.24) is 4.90 Å². The third-order valence-electron chi connectivity index (χ3n) is 4.44. The molecule has 0 spiro atoms. The molecule has 0 unspecified atom stereocenters. The lowest BCUT2D eigenvalue weighted by molar-refractivity contribution is 0.00273. The predicted octanol–water partition coefficient (Wildman–Crippen LogP) is 2.60. The smallest absolute Gasteiger partial charge is 0.254 e. The first-order valence-corrected chi connectivity index (χ1v) is 8.08. The molecule has 1 aromatic rings. The molecular weight excluding hydrogens is 294 g/mol. The van der Waals surface area contributed by atoms with Crippen LogP contribution in [0.15, 0.2) is 24.3 Å². The van der Waals surface area contributed by atoms with Crippen molar-refractivity contribution in [2.45, 2.75) is 19.8 Å². The molecular formula is C18H27NO4. The van der Waals surface area contributed by atoms with E-state index in [0.717, 1.165) is 32.6 Å². The summed E-state index contributed by atoms with van der Waals surface area (Å²) >= 11 is 0. The van der Waals surface area contributed by atoms with E-state index in [0.29, 0.717) is 24.5 Å². The highest BCUT2D eigenvalue weighted by molar-refractivity contribution is 5.94. The molecule has 1 aromatic carbocycles. The Balaban J connectivity index is 2.14. The van der Waals surface area contributed by atoms with Gasteiger partial charge in [0.15, 0.2) is 0 Å². The molecule has 0 saturated carbocycles. The van der Waals surface area contributed by atoms with Crippen LogP contribution in [0.25, 0.3) is 0 Å². The first-order chi connectivity index (χ1) is 11.1. The fourth-order valence-electron chi connectivity index (χ4n) is 2.88. The molecule has 2 rings (SSSR count). The molecule has 1 aliphatic rings. The van der Waals surface area contributed by atoms with E-state index in [1.54, 1.807) is 20.3 Å². The van der Waals surface area contributed by atoms with Crippen LogP contribution in [-0.2, 0) is 9.47 Å². The Morgan fingerprint density at radius 3 is 2.70 bits per heavy atom. The Morgan fingerprint density at radius 2 is 2.04 bits per heavy atom. The van der Waals surface area contributed by atoms with Gasteiger partial charge in [0.2, 0.25) is 0 Å². The lowest BCUT2D eigenvalue weighted by Crippen LogP contribution is -2.44. The molecule has 0 radical (unpaired) electrons. The maximum Gasteiger partial charge on any atom is 0.254 e. The Kier molecular flexibility index (Phi) is 6.42. The highest BCUT2D eigenvalue weighted by atomic mass is 16.5. The van der Waals surface area contributed by atoms with E-state index in [1.165, 1.54) is 0 Å². The second-order valence-electron chi connectivity index (χ2n) is 6.37. The number of rotatable bonds is 7. The van der Waals surface area contributed by atoms with Crippen molar-refractivity contribution in [1.29, 1.82) is 0 Å².